The smallest absolute Gasteiger partial charge is 0.294 e. The van der Waals surface area contributed by atoms with Crippen LogP contribution in [-0.4, -0.2) is 30.3 Å². The van der Waals surface area contributed by atoms with Gasteiger partial charge in [0, 0.05) is 42.6 Å². The Morgan fingerprint density at radius 3 is 2.62 bits per heavy atom. The lowest BCUT2D eigenvalue weighted by Gasteiger charge is -2.33. The molecular weight excluding hydrogens is 447 g/mol. The molecule has 3 aromatic heterocycles. The predicted molar refractivity (Wildman–Crippen MR) is 118 cm³/mol. The zero-order chi connectivity index (χ0) is 24.1. The Morgan fingerprint density at radius 1 is 1.12 bits per heavy atom. The van der Waals surface area contributed by atoms with Crippen molar-refractivity contribution >= 4 is 5.65 Å². The summed E-state index contributed by atoms with van der Waals surface area (Å²) in [7, 11) is 1.82. The molecule has 1 aliphatic rings. The lowest BCUT2D eigenvalue weighted by atomic mass is 9.87. The highest BCUT2D eigenvalue weighted by Gasteiger charge is 2.32. The van der Waals surface area contributed by atoms with E-state index in [1.807, 2.05) is 20.2 Å². The van der Waals surface area contributed by atoms with E-state index >= 15 is 0 Å². The van der Waals surface area contributed by atoms with E-state index in [1.54, 1.807) is 10.9 Å². The molecule has 0 bridgehead atoms. The standard InChI is InChI=1S/C24H22F3N5O2/c1-12-6-14(7-20(34-12)15-9-28-31(3)10-15)19-11-32-23(29-13(2)21(27)24(32)33)22(30-19)17-5-4-16(25)8-18(17)26/h4-5,8-12,14,20H,6-7H2,1-3H3/t12-,14?,20+/m0/s1. The molecule has 5 rings (SSSR count). The molecular formula is C24H22F3N5O2. The molecule has 0 spiro atoms. The van der Waals surface area contributed by atoms with Gasteiger partial charge in [0.2, 0.25) is 5.82 Å². The minimum atomic E-state index is -0.992. The fraction of sp³-hybridized carbons (Fsp3) is 0.333. The topological polar surface area (TPSA) is 74.3 Å². The van der Waals surface area contributed by atoms with Crippen LogP contribution in [0.25, 0.3) is 16.9 Å². The van der Waals surface area contributed by atoms with Crippen LogP contribution in [0.15, 0.2) is 41.6 Å². The van der Waals surface area contributed by atoms with Gasteiger partial charge >= 0.3 is 0 Å². The summed E-state index contributed by atoms with van der Waals surface area (Å²) in [4.78, 5) is 21.6. The quantitative estimate of drug-likeness (QED) is 0.449. The van der Waals surface area contributed by atoms with E-state index in [-0.39, 0.29) is 40.7 Å². The molecule has 4 aromatic rings. The van der Waals surface area contributed by atoms with Crippen molar-refractivity contribution in [2.45, 2.75) is 44.8 Å². The molecule has 10 heteroatoms. The van der Waals surface area contributed by atoms with Gasteiger partial charge in [-0.15, -0.1) is 0 Å². The van der Waals surface area contributed by atoms with Gasteiger partial charge in [-0.3, -0.25) is 13.9 Å². The van der Waals surface area contributed by atoms with Gasteiger partial charge in [0.05, 0.1) is 29.8 Å². The van der Waals surface area contributed by atoms with Gasteiger partial charge < -0.3 is 4.74 Å². The molecule has 1 aliphatic heterocycles. The fourth-order valence-corrected chi connectivity index (χ4v) is 4.51. The van der Waals surface area contributed by atoms with E-state index in [2.05, 4.69) is 15.1 Å². The second kappa shape index (κ2) is 8.35. The number of ether oxygens (including phenoxy) is 1. The molecule has 1 fully saturated rings. The lowest BCUT2D eigenvalue weighted by molar-refractivity contribution is -0.0506. The monoisotopic (exact) mass is 469 g/mol. The third-order valence-corrected chi connectivity index (χ3v) is 6.15. The molecule has 0 saturated carbocycles. The Labute approximate surface area is 192 Å². The molecule has 0 radical (unpaired) electrons. The van der Waals surface area contributed by atoms with E-state index < -0.39 is 23.0 Å². The summed E-state index contributed by atoms with van der Waals surface area (Å²) in [5, 5.41) is 4.21. The maximum Gasteiger partial charge on any atom is 0.294 e. The van der Waals surface area contributed by atoms with E-state index in [0.717, 1.165) is 22.1 Å². The van der Waals surface area contributed by atoms with Gasteiger partial charge in [0.15, 0.2) is 5.65 Å². The van der Waals surface area contributed by atoms with Crippen molar-refractivity contribution in [3.8, 4) is 11.3 Å². The highest BCUT2D eigenvalue weighted by atomic mass is 19.1. The molecule has 1 unspecified atom stereocenters. The van der Waals surface area contributed by atoms with Crippen molar-refractivity contribution in [2.24, 2.45) is 7.05 Å². The Kier molecular flexibility index (Phi) is 5.47. The highest BCUT2D eigenvalue weighted by Crippen LogP contribution is 2.40. The molecule has 34 heavy (non-hydrogen) atoms. The summed E-state index contributed by atoms with van der Waals surface area (Å²) in [6, 6.07) is 3.09. The summed E-state index contributed by atoms with van der Waals surface area (Å²) in [5.74, 6) is -2.76. The van der Waals surface area contributed by atoms with Crippen LogP contribution in [-0.2, 0) is 11.8 Å². The second-order valence-corrected chi connectivity index (χ2v) is 8.70. The molecule has 4 heterocycles. The first kappa shape index (κ1) is 22.3. The van der Waals surface area contributed by atoms with Gasteiger partial charge in [-0.05, 0) is 38.8 Å². The average molecular weight is 469 g/mol. The fourth-order valence-electron chi connectivity index (χ4n) is 4.51. The van der Waals surface area contributed by atoms with Crippen molar-refractivity contribution in [3.05, 3.63) is 81.5 Å². The predicted octanol–water partition coefficient (Wildman–Crippen LogP) is 4.24. The number of halogens is 3. The van der Waals surface area contributed by atoms with Gasteiger partial charge in [-0.1, -0.05) is 0 Å². The van der Waals surface area contributed by atoms with Crippen LogP contribution in [0.4, 0.5) is 13.2 Å². The van der Waals surface area contributed by atoms with Crippen LogP contribution in [0, 0.1) is 24.4 Å². The maximum absolute atomic E-state index is 14.8. The summed E-state index contributed by atoms with van der Waals surface area (Å²) in [6.07, 6.45) is 5.82. The summed E-state index contributed by atoms with van der Waals surface area (Å²) >= 11 is 0. The first-order chi connectivity index (χ1) is 16.2. The van der Waals surface area contributed by atoms with Crippen molar-refractivity contribution in [1.29, 1.82) is 0 Å². The van der Waals surface area contributed by atoms with Crippen molar-refractivity contribution < 1.29 is 17.9 Å². The third kappa shape index (κ3) is 3.87. The molecule has 7 nitrogen and oxygen atoms in total. The molecule has 3 atom stereocenters. The highest BCUT2D eigenvalue weighted by molar-refractivity contribution is 5.74. The number of aromatic nitrogens is 5. The minimum Gasteiger partial charge on any atom is -0.370 e. The molecule has 0 N–H and O–H groups in total. The van der Waals surface area contributed by atoms with Crippen molar-refractivity contribution in [2.75, 3.05) is 0 Å². The third-order valence-electron chi connectivity index (χ3n) is 6.15. The number of rotatable bonds is 3. The Hall–Kier alpha value is -3.53. The van der Waals surface area contributed by atoms with Gasteiger partial charge in [0.25, 0.3) is 5.56 Å². The van der Waals surface area contributed by atoms with E-state index in [1.165, 1.54) is 19.2 Å². The molecule has 0 amide bonds. The maximum atomic E-state index is 14.8. The van der Waals surface area contributed by atoms with E-state index in [0.29, 0.717) is 18.5 Å². The van der Waals surface area contributed by atoms with Crippen LogP contribution in [0.2, 0.25) is 0 Å². The van der Waals surface area contributed by atoms with Crippen LogP contribution in [0.3, 0.4) is 0 Å². The number of hydrogen-bond acceptors (Lipinski definition) is 5. The number of fused-ring (bicyclic) bond motifs is 1. The van der Waals surface area contributed by atoms with E-state index in [4.69, 9.17) is 4.74 Å². The van der Waals surface area contributed by atoms with Crippen molar-refractivity contribution in [1.82, 2.24) is 24.1 Å². The molecule has 1 aromatic carbocycles. The summed E-state index contributed by atoms with van der Waals surface area (Å²) < 4.78 is 51.7. The van der Waals surface area contributed by atoms with Crippen LogP contribution in [0.5, 0.6) is 0 Å². The molecule has 176 valence electrons. The lowest BCUT2D eigenvalue weighted by Crippen LogP contribution is -2.27. The number of hydrogen-bond donors (Lipinski definition) is 0. The van der Waals surface area contributed by atoms with E-state index in [9.17, 15) is 18.0 Å². The van der Waals surface area contributed by atoms with Gasteiger partial charge in [0.1, 0.15) is 17.3 Å². The zero-order valence-electron chi connectivity index (χ0n) is 18.8. The van der Waals surface area contributed by atoms with Crippen LogP contribution >= 0.6 is 0 Å². The first-order valence-corrected chi connectivity index (χ1v) is 10.9. The number of aryl methyl sites for hydroxylation is 2. The van der Waals surface area contributed by atoms with Crippen LogP contribution < -0.4 is 5.56 Å². The molecule has 0 aliphatic carbocycles. The van der Waals surface area contributed by atoms with Crippen molar-refractivity contribution in [3.63, 3.8) is 0 Å². The molecule has 1 saturated heterocycles. The minimum absolute atomic E-state index is 0.00192. The van der Waals surface area contributed by atoms with Crippen LogP contribution in [0.1, 0.15) is 48.7 Å². The summed E-state index contributed by atoms with van der Waals surface area (Å²) in [6.45, 7) is 3.29. The second-order valence-electron chi connectivity index (χ2n) is 8.70. The Bertz CT molecular complexity index is 1470. The SMILES string of the molecule is Cc1nc2c(-c3ccc(F)cc3F)nc(C3C[C@H](C)O[C@@H](c4cnn(C)c4)C3)cn2c(=O)c1F. The van der Waals surface area contributed by atoms with Gasteiger partial charge in [-0.2, -0.15) is 9.49 Å². The Balaban J connectivity index is 1.69. The van der Waals surface area contributed by atoms with Gasteiger partial charge in [-0.25, -0.2) is 18.7 Å². The average Bonchev–Trinajstić information content (AvgIpc) is 3.23. The normalized spacial score (nSPS) is 20.7. The summed E-state index contributed by atoms with van der Waals surface area (Å²) in [5.41, 5.74) is 0.378. The first-order valence-electron chi connectivity index (χ1n) is 10.9. The number of nitrogens with zero attached hydrogens (tertiary/aromatic N) is 5. The Morgan fingerprint density at radius 2 is 1.91 bits per heavy atom. The largest absolute Gasteiger partial charge is 0.370 e. The number of benzene rings is 1. The zero-order valence-corrected chi connectivity index (χ0v) is 18.8.